The molecule has 30 heavy (non-hydrogen) atoms. The predicted molar refractivity (Wildman–Crippen MR) is 126 cm³/mol. The van der Waals surface area contributed by atoms with Gasteiger partial charge in [0.15, 0.2) is 0 Å². The second-order valence-electron chi connectivity index (χ2n) is 7.50. The Kier molecular flexibility index (Phi) is 6.83. The molecule has 0 aromatic heterocycles. The third-order valence-corrected chi connectivity index (χ3v) is 7.06. The van der Waals surface area contributed by atoms with Crippen LogP contribution >= 0.6 is 0 Å². The van der Waals surface area contributed by atoms with Gasteiger partial charge in [0.1, 0.15) is 0 Å². The van der Waals surface area contributed by atoms with Crippen molar-refractivity contribution in [3.63, 3.8) is 0 Å². The first-order valence-corrected chi connectivity index (χ1v) is 11.8. The van der Waals surface area contributed by atoms with Crippen LogP contribution in [0.15, 0.2) is 77.7 Å². The fourth-order valence-electron chi connectivity index (χ4n) is 3.50. The van der Waals surface area contributed by atoms with Gasteiger partial charge >= 0.3 is 0 Å². The number of nitrogens with zero attached hydrogens (tertiary/aromatic N) is 2. The zero-order chi connectivity index (χ0) is 21.7. The fraction of sp³-hybridized carbons (Fsp3) is 0.280. The monoisotopic (exact) mass is 422 g/mol. The summed E-state index contributed by atoms with van der Waals surface area (Å²) < 4.78 is 28.6. The molecule has 0 aliphatic heterocycles. The van der Waals surface area contributed by atoms with Gasteiger partial charge in [-0.2, -0.15) is 0 Å². The van der Waals surface area contributed by atoms with Crippen molar-refractivity contribution in [3.8, 4) is 0 Å². The van der Waals surface area contributed by atoms with Crippen LogP contribution in [0.3, 0.4) is 0 Å². The summed E-state index contributed by atoms with van der Waals surface area (Å²) >= 11 is 0. The number of rotatable bonds is 8. The van der Waals surface area contributed by atoms with Gasteiger partial charge in [-0.1, -0.05) is 42.0 Å². The molecule has 0 unspecified atom stereocenters. The molecule has 0 heterocycles. The van der Waals surface area contributed by atoms with E-state index in [-0.39, 0.29) is 6.54 Å². The Labute approximate surface area is 180 Å². The highest BCUT2D eigenvalue weighted by atomic mass is 32.2. The van der Waals surface area contributed by atoms with E-state index in [9.17, 15) is 8.42 Å². The first-order valence-electron chi connectivity index (χ1n) is 10.3. The summed E-state index contributed by atoms with van der Waals surface area (Å²) in [5.74, 6) is 0. The van der Waals surface area contributed by atoms with Crippen molar-refractivity contribution in [2.24, 2.45) is 0 Å². The zero-order valence-electron chi connectivity index (χ0n) is 18.2. The van der Waals surface area contributed by atoms with Gasteiger partial charge in [-0.25, -0.2) is 8.42 Å². The largest absolute Gasteiger partial charge is 0.372 e. The first-order chi connectivity index (χ1) is 14.3. The highest BCUT2D eigenvalue weighted by Gasteiger charge is 2.25. The van der Waals surface area contributed by atoms with Crippen LogP contribution in [0.2, 0.25) is 0 Å². The third kappa shape index (κ3) is 4.85. The highest BCUT2D eigenvalue weighted by Crippen LogP contribution is 2.27. The van der Waals surface area contributed by atoms with E-state index in [0.717, 1.165) is 35.5 Å². The molecule has 3 aromatic carbocycles. The Bertz CT molecular complexity index is 1070. The van der Waals surface area contributed by atoms with Crippen molar-refractivity contribution >= 4 is 21.4 Å². The van der Waals surface area contributed by atoms with Crippen LogP contribution in [0.1, 0.15) is 30.5 Å². The van der Waals surface area contributed by atoms with Crippen LogP contribution in [0, 0.1) is 13.8 Å². The summed E-state index contributed by atoms with van der Waals surface area (Å²) in [6.45, 7) is 10.3. The summed E-state index contributed by atoms with van der Waals surface area (Å²) in [6.07, 6.45) is 0. The minimum Gasteiger partial charge on any atom is -0.372 e. The molecular weight excluding hydrogens is 392 g/mol. The van der Waals surface area contributed by atoms with Gasteiger partial charge in [-0.15, -0.1) is 0 Å². The number of hydrogen-bond acceptors (Lipinski definition) is 3. The molecule has 3 aromatic rings. The highest BCUT2D eigenvalue weighted by molar-refractivity contribution is 7.92. The molecule has 3 rings (SSSR count). The van der Waals surface area contributed by atoms with Crippen LogP contribution in [-0.2, 0) is 16.6 Å². The molecule has 0 atom stereocenters. The van der Waals surface area contributed by atoms with E-state index in [0.29, 0.717) is 10.6 Å². The number of hydrogen-bond donors (Lipinski definition) is 0. The minimum atomic E-state index is -3.70. The van der Waals surface area contributed by atoms with Gasteiger partial charge in [0.2, 0.25) is 0 Å². The van der Waals surface area contributed by atoms with Crippen molar-refractivity contribution in [1.29, 1.82) is 0 Å². The lowest BCUT2D eigenvalue weighted by Crippen LogP contribution is -2.30. The summed E-state index contributed by atoms with van der Waals surface area (Å²) in [4.78, 5) is 2.58. The van der Waals surface area contributed by atoms with Crippen molar-refractivity contribution in [2.75, 3.05) is 22.3 Å². The molecule has 4 nitrogen and oxygen atoms in total. The van der Waals surface area contributed by atoms with E-state index < -0.39 is 10.0 Å². The summed E-state index contributed by atoms with van der Waals surface area (Å²) in [5.41, 5.74) is 4.77. The van der Waals surface area contributed by atoms with E-state index in [1.54, 1.807) is 18.2 Å². The number of anilines is 2. The van der Waals surface area contributed by atoms with Gasteiger partial charge < -0.3 is 4.90 Å². The maximum Gasteiger partial charge on any atom is 0.264 e. The smallest absolute Gasteiger partial charge is 0.264 e. The van der Waals surface area contributed by atoms with Crippen molar-refractivity contribution in [2.45, 2.75) is 39.1 Å². The molecule has 0 fully saturated rings. The lowest BCUT2D eigenvalue weighted by Gasteiger charge is -2.26. The van der Waals surface area contributed by atoms with E-state index in [1.807, 2.05) is 56.3 Å². The molecule has 0 saturated carbocycles. The van der Waals surface area contributed by atoms with E-state index in [2.05, 4.69) is 30.9 Å². The Balaban J connectivity index is 1.99. The Morgan fingerprint density at radius 1 is 0.733 bits per heavy atom. The molecule has 5 heteroatoms. The molecule has 0 aliphatic rings. The third-order valence-electron chi connectivity index (χ3n) is 5.29. The van der Waals surface area contributed by atoms with E-state index in [4.69, 9.17) is 0 Å². The van der Waals surface area contributed by atoms with Crippen molar-refractivity contribution in [1.82, 2.24) is 0 Å². The summed E-state index contributed by atoms with van der Waals surface area (Å²) in [6, 6.07) is 22.8. The normalized spacial score (nSPS) is 11.3. The lowest BCUT2D eigenvalue weighted by atomic mass is 10.1. The Morgan fingerprint density at radius 3 is 1.90 bits per heavy atom. The van der Waals surface area contributed by atoms with Crippen LogP contribution in [0.25, 0.3) is 0 Å². The van der Waals surface area contributed by atoms with Crippen molar-refractivity contribution in [3.05, 3.63) is 89.5 Å². The Hall–Kier alpha value is -2.79. The van der Waals surface area contributed by atoms with E-state index >= 15 is 0 Å². The molecule has 0 bridgehead atoms. The zero-order valence-corrected chi connectivity index (χ0v) is 19.0. The SMILES string of the molecule is CCN(CC)c1ccc(CN(c2ccc(C)cc2)S(=O)(=O)c2cccc(C)c2)cc1. The molecule has 0 saturated heterocycles. The molecule has 158 valence electrons. The maximum atomic E-state index is 13.6. The van der Waals surface area contributed by atoms with Gasteiger partial charge in [0, 0.05) is 18.8 Å². The topological polar surface area (TPSA) is 40.6 Å². The molecule has 0 N–H and O–H groups in total. The maximum absolute atomic E-state index is 13.6. The standard InChI is InChI=1S/C25H30N2O2S/c1-5-26(6-2)23-16-12-22(13-17-23)19-27(24-14-10-20(3)11-15-24)30(28,29)25-9-7-8-21(4)18-25/h7-18H,5-6,19H2,1-4H3. The summed E-state index contributed by atoms with van der Waals surface area (Å²) in [7, 11) is -3.70. The quantitative estimate of drug-likeness (QED) is 0.478. The Morgan fingerprint density at radius 2 is 1.33 bits per heavy atom. The average molecular weight is 423 g/mol. The van der Waals surface area contributed by atoms with Gasteiger partial charge in [-0.05, 0) is 75.2 Å². The summed E-state index contributed by atoms with van der Waals surface area (Å²) in [5, 5.41) is 0. The molecule has 0 aliphatic carbocycles. The van der Waals surface area contributed by atoms with Crippen LogP contribution in [0.5, 0.6) is 0 Å². The second-order valence-corrected chi connectivity index (χ2v) is 9.36. The van der Waals surface area contributed by atoms with Gasteiger partial charge in [0.05, 0.1) is 17.1 Å². The van der Waals surface area contributed by atoms with Crippen molar-refractivity contribution < 1.29 is 8.42 Å². The van der Waals surface area contributed by atoms with Crippen LogP contribution in [-0.4, -0.2) is 21.5 Å². The van der Waals surface area contributed by atoms with Crippen LogP contribution in [0.4, 0.5) is 11.4 Å². The number of benzene rings is 3. The first kappa shape index (κ1) is 21.9. The average Bonchev–Trinajstić information content (AvgIpc) is 2.74. The van der Waals surface area contributed by atoms with E-state index in [1.165, 1.54) is 4.31 Å². The van der Waals surface area contributed by atoms with Gasteiger partial charge in [0.25, 0.3) is 10.0 Å². The van der Waals surface area contributed by atoms with Gasteiger partial charge in [-0.3, -0.25) is 4.31 Å². The van der Waals surface area contributed by atoms with Crippen LogP contribution < -0.4 is 9.21 Å². The molecule has 0 radical (unpaired) electrons. The molecule has 0 amide bonds. The molecule has 0 spiro atoms. The lowest BCUT2D eigenvalue weighted by molar-refractivity contribution is 0.590. The molecular formula is C25H30N2O2S. The second kappa shape index (κ2) is 9.35. The minimum absolute atomic E-state index is 0.276. The predicted octanol–water partition coefficient (Wildman–Crippen LogP) is 5.55. The number of sulfonamides is 1. The number of aryl methyl sites for hydroxylation is 2. The fourth-order valence-corrected chi connectivity index (χ4v) is 5.05.